The van der Waals surface area contributed by atoms with Crippen LogP contribution in [0.1, 0.15) is 34.7 Å². The summed E-state index contributed by atoms with van der Waals surface area (Å²) in [7, 11) is 1.60. The van der Waals surface area contributed by atoms with Gasteiger partial charge in [-0.3, -0.25) is 9.59 Å². The van der Waals surface area contributed by atoms with Crippen molar-refractivity contribution in [3.05, 3.63) is 87.3 Å². The van der Waals surface area contributed by atoms with Gasteiger partial charge in [-0.05, 0) is 48.7 Å². The third-order valence-corrected chi connectivity index (χ3v) is 5.53. The normalized spacial score (nSPS) is 15.4. The van der Waals surface area contributed by atoms with Crippen LogP contribution in [0.4, 0.5) is 0 Å². The van der Waals surface area contributed by atoms with E-state index in [4.69, 9.17) is 9.47 Å². The number of aromatic hydroxyl groups is 1. The maximum Gasteiger partial charge on any atom is 0.312 e. The number of fused-ring (bicyclic) bond motifs is 1. The first-order valence-electron chi connectivity index (χ1n) is 9.83. The molecule has 1 N–H and O–H groups in total. The first-order valence-corrected chi connectivity index (χ1v) is 9.83. The number of hydrogen-bond donors (Lipinski definition) is 1. The van der Waals surface area contributed by atoms with Crippen LogP contribution in [0.2, 0.25) is 0 Å². The second-order valence-electron chi connectivity index (χ2n) is 7.44. The van der Waals surface area contributed by atoms with Gasteiger partial charge in [-0.2, -0.15) is 0 Å². The van der Waals surface area contributed by atoms with Gasteiger partial charge in [0.05, 0.1) is 19.1 Å². The molecule has 2 heterocycles. The highest BCUT2D eigenvalue weighted by Gasteiger charge is 2.32. The van der Waals surface area contributed by atoms with Crippen molar-refractivity contribution in [3.8, 4) is 17.2 Å². The molecule has 0 aliphatic carbocycles. The van der Waals surface area contributed by atoms with Crippen molar-refractivity contribution in [2.24, 2.45) is 0 Å². The number of esters is 1. The number of hydrogen-bond acceptors (Lipinski definition) is 5. The van der Waals surface area contributed by atoms with Gasteiger partial charge in [0, 0.05) is 24.2 Å². The predicted octanol–water partition coefficient (Wildman–Crippen LogP) is 3.55. The largest absolute Gasteiger partial charge is 0.508 e. The minimum absolute atomic E-state index is 0.121. The molecule has 0 amide bonds. The fourth-order valence-electron chi connectivity index (χ4n) is 3.90. The Morgan fingerprint density at radius 1 is 1.10 bits per heavy atom. The van der Waals surface area contributed by atoms with E-state index in [1.54, 1.807) is 29.9 Å². The molecule has 154 valence electrons. The molecule has 0 unspecified atom stereocenters. The Hall–Kier alpha value is -3.54. The molecule has 2 aromatic carbocycles. The number of pyridine rings is 1. The van der Waals surface area contributed by atoms with Gasteiger partial charge in [0.2, 0.25) is 0 Å². The zero-order chi connectivity index (χ0) is 21.3. The Balaban J connectivity index is 1.71. The average Bonchev–Trinajstić information content (AvgIpc) is 2.74. The Kier molecular flexibility index (Phi) is 5.31. The smallest absolute Gasteiger partial charge is 0.312 e. The van der Waals surface area contributed by atoms with Crippen LogP contribution in [0.25, 0.3) is 0 Å². The quantitative estimate of drug-likeness (QED) is 0.657. The van der Waals surface area contributed by atoms with Crippen LogP contribution in [-0.4, -0.2) is 22.8 Å². The minimum atomic E-state index is -0.361. The van der Waals surface area contributed by atoms with Crippen molar-refractivity contribution in [1.29, 1.82) is 0 Å². The Labute approximate surface area is 174 Å². The molecule has 1 atom stereocenters. The number of ether oxygens (including phenoxy) is 2. The van der Waals surface area contributed by atoms with Gasteiger partial charge in [0.1, 0.15) is 17.2 Å². The van der Waals surface area contributed by atoms with E-state index in [1.807, 2.05) is 43.3 Å². The van der Waals surface area contributed by atoms with E-state index >= 15 is 0 Å². The highest BCUT2D eigenvalue weighted by molar-refractivity contribution is 5.77. The van der Waals surface area contributed by atoms with Crippen molar-refractivity contribution in [3.63, 3.8) is 0 Å². The van der Waals surface area contributed by atoms with E-state index in [1.165, 1.54) is 0 Å². The van der Waals surface area contributed by atoms with E-state index < -0.39 is 0 Å². The lowest BCUT2D eigenvalue weighted by molar-refractivity contribution is -0.135. The van der Waals surface area contributed by atoms with Gasteiger partial charge < -0.3 is 19.1 Å². The standard InChI is InChI=1S/C24H23NO5/c1-15-13-21-23(24(28)25(15)12-11-16-3-7-18(26)8-4-16)20(14-22(27)30-21)17-5-9-19(29-2)10-6-17/h3-10,13,20,26H,11-12,14H2,1-2H3/t20-/m1/s1. The molecule has 0 radical (unpaired) electrons. The number of aromatic nitrogens is 1. The number of nitrogens with zero attached hydrogens (tertiary/aromatic N) is 1. The zero-order valence-electron chi connectivity index (χ0n) is 16.9. The van der Waals surface area contributed by atoms with Crippen LogP contribution in [0.5, 0.6) is 17.2 Å². The molecule has 1 aliphatic heterocycles. The lowest BCUT2D eigenvalue weighted by Gasteiger charge is -2.26. The first kappa shape index (κ1) is 19.8. The van der Waals surface area contributed by atoms with Crippen LogP contribution < -0.4 is 15.0 Å². The molecule has 1 aromatic heterocycles. The second kappa shape index (κ2) is 8.06. The molecule has 0 bridgehead atoms. The topological polar surface area (TPSA) is 77.8 Å². The Morgan fingerprint density at radius 2 is 1.80 bits per heavy atom. The van der Waals surface area contributed by atoms with Crippen molar-refractivity contribution < 1.29 is 19.4 Å². The maximum atomic E-state index is 13.4. The van der Waals surface area contributed by atoms with Gasteiger partial charge in [-0.15, -0.1) is 0 Å². The maximum absolute atomic E-state index is 13.4. The molecule has 0 spiro atoms. The first-order chi connectivity index (χ1) is 14.5. The van der Waals surface area contributed by atoms with Gasteiger partial charge in [-0.1, -0.05) is 24.3 Å². The number of carbonyl (C=O) groups is 1. The second-order valence-corrected chi connectivity index (χ2v) is 7.44. The molecule has 0 fully saturated rings. The molecule has 6 heteroatoms. The van der Waals surface area contributed by atoms with E-state index in [0.29, 0.717) is 30.0 Å². The fourth-order valence-corrected chi connectivity index (χ4v) is 3.90. The van der Waals surface area contributed by atoms with Gasteiger partial charge in [-0.25, -0.2) is 0 Å². The summed E-state index contributed by atoms with van der Waals surface area (Å²) in [6.45, 7) is 2.33. The summed E-state index contributed by atoms with van der Waals surface area (Å²) in [5.74, 6) is 0.567. The van der Waals surface area contributed by atoms with E-state index in [-0.39, 0.29) is 29.6 Å². The highest BCUT2D eigenvalue weighted by atomic mass is 16.5. The molecular formula is C24H23NO5. The van der Waals surface area contributed by atoms with Crippen LogP contribution >= 0.6 is 0 Å². The summed E-state index contributed by atoms with van der Waals surface area (Å²) in [4.78, 5) is 25.6. The van der Waals surface area contributed by atoms with E-state index in [9.17, 15) is 14.7 Å². The predicted molar refractivity (Wildman–Crippen MR) is 112 cm³/mol. The molecular weight excluding hydrogens is 382 g/mol. The summed E-state index contributed by atoms with van der Waals surface area (Å²) < 4.78 is 12.4. The van der Waals surface area contributed by atoms with E-state index in [2.05, 4.69) is 0 Å². The Bertz CT molecular complexity index is 1130. The summed E-state index contributed by atoms with van der Waals surface area (Å²) in [6.07, 6.45) is 0.766. The number of phenolic OH excluding ortho intramolecular Hbond substituents is 1. The van der Waals surface area contributed by atoms with Gasteiger partial charge in [0.25, 0.3) is 5.56 Å². The minimum Gasteiger partial charge on any atom is -0.508 e. The molecule has 1 aliphatic rings. The van der Waals surface area contributed by atoms with Crippen molar-refractivity contribution in [2.75, 3.05) is 7.11 Å². The number of phenols is 1. The SMILES string of the molecule is COc1ccc([C@H]2CC(=O)Oc3cc(C)n(CCc4ccc(O)cc4)c(=O)c32)cc1. The van der Waals surface area contributed by atoms with Crippen molar-refractivity contribution in [1.82, 2.24) is 4.57 Å². The lowest BCUT2D eigenvalue weighted by Crippen LogP contribution is -2.33. The van der Waals surface area contributed by atoms with Gasteiger partial charge in [0.15, 0.2) is 0 Å². The van der Waals surface area contributed by atoms with Crippen LogP contribution in [0.15, 0.2) is 59.4 Å². The zero-order valence-corrected chi connectivity index (χ0v) is 16.9. The molecule has 3 aromatic rings. The fraction of sp³-hybridized carbons (Fsp3) is 0.250. The third kappa shape index (κ3) is 3.81. The number of carbonyl (C=O) groups excluding carboxylic acids is 1. The molecule has 0 saturated heterocycles. The van der Waals surface area contributed by atoms with Gasteiger partial charge >= 0.3 is 5.97 Å². The number of benzene rings is 2. The number of rotatable bonds is 5. The van der Waals surface area contributed by atoms with Crippen LogP contribution in [-0.2, 0) is 17.8 Å². The molecule has 6 nitrogen and oxygen atoms in total. The third-order valence-electron chi connectivity index (χ3n) is 5.53. The summed E-state index contributed by atoms with van der Waals surface area (Å²) in [5, 5.41) is 9.45. The summed E-state index contributed by atoms with van der Waals surface area (Å²) >= 11 is 0. The van der Waals surface area contributed by atoms with Crippen molar-refractivity contribution in [2.45, 2.75) is 32.2 Å². The average molecular weight is 405 g/mol. The number of methoxy groups -OCH3 is 1. The molecule has 4 rings (SSSR count). The Morgan fingerprint density at radius 3 is 2.47 bits per heavy atom. The summed E-state index contributed by atoms with van der Waals surface area (Å²) in [6, 6.07) is 16.1. The van der Waals surface area contributed by atoms with Crippen LogP contribution in [0, 0.1) is 6.92 Å². The summed E-state index contributed by atoms with van der Waals surface area (Å²) in [5.41, 5.74) is 3.00. The highest BCUT2D eigenvalue weighted by Crippen LogP contribution is 2.37. The van der Waals surface area contributed by atoms with Crippen LogP contribution in [0.3, 0.4) is 0 Å². The molecule has 30 heavy (non-hydrogen) atoms. The molecule has 0 saturated carbocycles. The lowest BCUT2D eigenvalue weighted by atomic mass is 9.87. The monoisotopic (exact) mass is 405 g/mol. The van der Waals surface area contributed by atoms with E-state index in [0.717, 1.165) is 16.8 Å². The number of aryl methyl sites for hydroxylation is 2. The van der Waals surface area contributed by atoms with Crippen molar-refractivity contribution >= 4 is 5.97 Å².